The Hall–Kier alpha value is -4.65. The first-order chi connectivity index (χ1) is 19.1. The number of aromatic amines is 1. The predicted octanol–water partition coefficient (Wildman–Crippen LogP) is 1.97. The van der Waals surface area contributed by atoms with E-state index in [9.17, 15) is 29.1 Å². The molecular formula is C27H25N5O7S. The zero-order valence-electron chi connectivity index (χ0n) is 21.5. The second kappa shape index (κ2) is 10.8. The van der Waals surface area contributed by atoms with Gasteiger partial charge < -0.3 is 25.5 Å². The number of aromatic nitrogens is 2. The molecule has 0 saturated carbocycles. The van der Waals surface area contributed by atoms with Gasteiger partial charge in [-0.05, 0) is 36.2 Å². The number of H-pyrrole nitrogens is 1. The summed E-state index contributed by atoms with van der Waals surface area (Å²) in [5, 5.41) is 14.6. The molecule has 206 valence electrons. The van der Waals surface area contributed by atoms with Gasteiger partial charge >= 0.3 is 11.9 Å². The lowest BCUT2D eigenvalue weighted by Gasteiger charge is -2.49. The largest absolute Gasteiger partial charge is 0.477 e. The number of carbonyl (C=O) groups is 5. The minimum Gasteiger partial charge on any atom is -0.477 e. The third-order valence-corrected chi connectivity index (χ3v) is 7.83. The fourth-order valence-corrected chi connectivity index (χ4v) is 5.91. The van der Waals surface area contributed by atoms with Gasteiger partial charge in [0.1, 0.15) is 23.7 Å². The number of esters is 1. The van der Waals surface area contributed by atoms with Crippen LogP contribution in [0.5, 0.6) is 0 Å². The van der Waals surface area contributed by atoms with E-state index in [1.165, 1.54) is 18.7 Å². The Labute approximate surface area is 232 Å². The lowest BCUT2D eigenvalue weighted by molar-refractivity contribution is -0.151. The van der Waals surface area contributed by atoms with Crippen LogP contribution >= 0.6 is 11.8 Å². The molecule has 1 aromatic heterocycles. The van der Waals surface area contributed by atoms with Crippen LogP contribution in [-0.4, -0.2) is 73.4 Å². The Morgan fingerprint density at radius 1 is 1.20 bits per heavy atom. The number of aryl methyl sites for hydroxylation is 1. The number of benzene rings is 2. The normalized spacial score (nSPS) is 18.1. The molecule has 4 N–H and O–H groups in total. The first-order valence-electron chi connectivity index (χ1n) is 12.3. The van der Waals surface area contributed by atoms with Crippen molar-refractivity contribution in [3.63, 3.8) is 0 Å². The summed E-state index contributed by atoms with van der Waals surface area (Å²) in [6.45, 7) is 2.92. The number of anilines is 1. The molecule has 13 heteroatoms. The van der Waals surface area contributed by atoms with Gasteiger partial charge in [-0.25, -0.2) is 9.78 Å². The molecule has 1 fully saturated rings. The zero-order valence-corrected chi connectivity index (χ0v) is 22.3. The Bertz CT molecular complexity index is 1600. The molecule has 0 bridgehead atoms. The molecule has 1 unspecified atom stereocenters. The number of carboxylic acid groups (broad SMARTS) is 1. The van der Waals surface area contributed by atoms with Crippen molar-refractivity contribution < 1.29 is 33.8 Å². The molecule has 2 aliphatic heterocycles. The molecule has 3 amide bonds. The van der Waals surface area contributed by atoms with Gasteiger partial charge in [0.25, 0.3) is 11.8 Å². The number of nitrogens with one attached hydrogen (secondary N) is 3. The van der Waals surface area contributed by atoms with Crippen LogP contribution < -0.4 is 10.6 Å². The fraction of sp³-hybridized carbons (Fsp3) is 0.259. The van der Waals surface area contributed by atoms with E-state index in [1.54, 1.807) is 24.3 Å². The smallest absolute Gasteiger partial charge is 0.352 e. The summed E-state index contributed by atoms with van der Waals surface area (Å²) in [5.41, 5.74) is 3.43. The highest BCUT2D eigenvalue weighted by molar-refractivity contribution is 8.00. The highest BCUT2D eigenvalue weighted by atomic mass is 32.2. The van der Waals surface area contributed by atoms with Crippen LogP contribution in [0.3, 0.4) is 0 Å². The van der Waals surface area contributed by atoms with Crippen LogP contribution in [0.15, 0.2) is 53.7 Å². The number of β-lactam (4-membered cyclic amide) rings is 1. The number of hydrogen-bond acceptors (Lipinski definition) is 8. The molecule has 0 aliphatic carbocycles. The average Bonchev–Trinajstić information content (AvgIpc) is 3.34. The van der Waals surface area contributed by atoms with E-state index in [0.29, 0.717) is 22.3 Å². The Morgan fingerprint density at radius 3 is 2.73 bits per heavy atom. The molecule has 0 radical (unpaired) electrons. The SMILES string of the molecule is CC(=O)OCC1=C(C(=O)O)N2C(=O)C(NC(=O)Cc3ccccc3NC(=O)c3nc4cc(C)ccc4[nH]3)[C@H]2SC1. The molecule has 1 saturated heterocycles. The standard InChI is InChI=1S/C27H25N5O7S/c1-13-7-8-18-19(9-13)29-23(28-18)24(35)30-17-6-4-3-5-15(17)10-20(34)31-21-25(36)32-22(27(37)38)16(11-39-14(2)33)12-40-26(21)32/h3-9,21,26H,10-12H2,1-2H3,(H,28,29)(H,30,35)(H,31,34)(H,37,38)/t21?,26-/m1/s1. The van der Waals surface area contributed by atoms with Crippen molar-refractivity contribution in [1.82, 2.24) is 20.2 Å². The Balaban J connectivity index is 1.25. The van der Waals surface area contributed by atoms with E-state index >= 15 is 0 Å². The number of para-hydroxylation sites is 1. The number of aliphatic carboxylic acids is 1. The minimum atomic E-state index is -1.31. The number of ether oxygens (including phenoxy) is 1. The van der Waals surface area contributed by atoms with Gasteiger partial charge in [-0.2, -0.15) is 0 Å². The van der Waals surface area contributed by atoms with Crippen LogP contribution in [0, 0.1) is 6.92 Å². The van der Waals surface area contributed by atoms with E-state index in [2.05, 4.69) is 20.6 Å². The van der Waals surface area contributed by atoms with E-state index in [-0.39, 0.29) is 30.3 Å². The molecule has 3 aromatic rings. The van der Waals surface area contributed by atoms with E-state index in [4.69, 9.17) is 4.74 Å². The minimum absolute atomic E-state index is 0.129. The molecule has 3 heterocycles. The van der Waals surface area contributed by atoms with E-state index < -0.39 is 41.1 Å². The van der Waals surface area contributed by atoms with Crippen LogP contribution in [0.2, 0.25) is 0 Å². The third-order valence-electron chi connectivity index (χ3n) is 6.49. The third kappa shape index (κ3) is 5.27. The van der Waals surface area contributed by atoms with Gasteiger partial charge in [-0.1, -0.05) is 24.3 Å². The number of nitrogens with zero attached hydrogens (tertiary/aromatic N) is 2. The van der Waals surface area contributed by atoms with E-state index in [0.717, 1.165) is 16.0 Å². The summed E-state index contributed by atoms with van der Waals surface area (Å²) < 4.78 is 4.93. The van der Waals surface area contributed by atoms with Gasteiger partial charge in [-0.15, -0.1) is 11.8 Å². The van der Waals surface area contributed by atoms with Crippen LogP contribution in [0.25, 0.3) is 11.0 Å². The van der Waals surface area contributed by atoms with Gasteiger partial charge in [-0.3, -0.25) is 24.1 Å². The molecular weight excluding hydrogens is 538 g/mol. The quantitative estimate of drug-likeness (QED) is 0.236. The van der Waals surface area contributed by atoms with Crippen molar-refractivity contribution in [3.8, 4) is 0 Å². The zero-order chi connectivity index (χ0) is 28.6. The lowest BCUT2D eigenvalue weighted by Crippen LogP contribution is -2.70. The van der Waals surface area contributed by atoms with Crippen molar-refractivity contribution in [2.75, 3.05) is 17.7 Å². The summed E-state index contributed by atoms with van der Waals surface area (Å²) >= 11 is 1.28. The second-order valence-corrected chi connectivity index (χ2v) is 10.5. The Morgan fingerprint density at radius 2 is 1.98 bits per heavy atom. The van der Waals surface area contributed by atoms with Gasteiger partial charge in [0.05, 0.1) is 17.5 Å². The van der Waals surface area contributed by atoms with Crippen molar-refractivity contribution in [3.05, 3.63) is 70.7 Å². The second-order valence-electron chi connectivity index (χ2n) is 9.39. The Kier molecular flexibility index (Phi) is 7.30. The lowest BCUT2D eigenvalue weighted by atomic mass is 10.0. The van der Waals surface area contributed by atoms with Crippen LogP contribution in [-0.2, 0) is 30.3 Å². The number of rotatable bonds is 8. The molecule has 2 aliphatic rings. The van der Waals surface area contributed by atoms with Gasteiger partial charge in [0.15, 0.2) is 5.82 Å². The highest BCUT2D eigenvalue weighted by Crippen LogP contribution is 2.40. The number of fused-ring (bicyclic) bond motifs is 2. The summed E-state index contributed by atoms with van der Waals surface area (Å²) in [7, 11) is 0. The average molecular weight is 564 g/mol. The van der Waals surface area contributed by atoms with Crippen LogP contribution in [0.1, 0.15) is 28.7 Å². The predicted molar refractivity (Wildman–Crippen MR) is 145 cm³/mol. The molecule has 2 atom stereocenters. The summed E-state index contributed by atoms with van der Waals surface area (Å²) in [5.74, 6) is -3.02. The number of hydrogen-bond donors (Lipinski definition) is 4. The molecule has 2 aromatic carbocycles. The van der Waals surface area contributed by atoms with Gasteiger partial charge in [0, 0.05) is 23.9 Å². The summed E-state index contributed by atoms with van der Waals surface area (Å²) in [6, 6.07) is 11.5. The molecule has 5 rings (SSSR count). The van der Waals surface area contributed by atoms with Crippen molar-refractivity contribution >= 4 is 58.1 Å². The highest BCUT2D eigenvalue weighted by Gasteiger charge is 2.54. The first kappa shape index (κ1) is 26.9. The maximum Gasteiger partial charge on any atom is 0.352 e. The van der Waals surface area contributed by atoms with Crippen molar-refractivity contribution in [2.24, 2.45) is 0 Å². The van der Waals surface area contributed by atoms with Crippen LogP contribution in [0.4, 0.5) is 5.69 Å². The maximum atomic E-state index is 12.9. The molecule has 12 nitrogen and oxygen atoms in total. The number of amides is 3. The fourth-order valence-electron chi connectivity index (χ4n) is 4.58. The number of carboxylic acids is 1. The monoisotopic (exact) mass is 563 g/mol. The number of thioether (sulfide) groups is 1. The van der Waals surface area contributed by atoms with E-state index in [1.807, 2.05) is 25.1 Å². The van der Waals surface area contributed by atoms with Crippen molar-refractivity contribution in [1.29, 1.82) is 0 Å². The van der Waals surface area contributed by atoms with Gasteiger partial charge in [0.2, 0.25) is 5.91 Å². The maximum absolute atomic E-state index is 12.9. The first-order valence-corrected chi connectivity index (χ1v) is 13.4. The topological polar surface area (TPSA) is 171 Å². The molecule has 0 spiro atoms. The summed E-state index contributed by atoms with van der Waals surface area (Å²) in [6.07, 6.45) is -0.129. The van der Waals surface area contributed by atoms with Crippen molar-refractivity contribution in [2.45, 2.75) is 31.7 Å². The number of imidazole rings is 1. The molecule has 40 heavy (non-hydrogen) atoms. The summed E-state index contributed by atoms with van der Waals surface area (Å²) in [4.78, 5) is 70.2. The number of carbonyl (C=O) groups excluding carboxylic acids is 4.